The number of anilines is 1. The van der Waals surface area contributed by atoms with Crippen molar-refractivity contribution in [2.45, 2.75) is 26.2 Å². The molecule has 1 aliphatic rings. The third kappa shape index (κ3) is 4.53. The van der Waals surface area contributed by atoms with Gasteiger partial charge in [0.1, 0.15) is 11.5 Å². The summed E-state index contributed by atoms with van der Waals surface area (Å²) in [7, 11) is 1.58. The molecule has 2 N–H and O–H groups in total. The third-order valence-corrected chi connectivity index (χ3v) is 5.49. The van der Waals surface area contributed by atoms with Gasteiger partial charge in [-0.05, 0) is 62.2 Å². The number of nitrogens with zero attached hydrogens (tertiary/aromatic N) is 1. The van der Waals surface area contributed by atoms with Gasteiger partial charge in [0.15, 0.2) is 5.76 Å². The van der Waals surface area contributed by atoms with Gasteiger partial charge in [0.05, 0.1) is 12.8 Å². The molecule has 0 unspecified atom stereocenters. The molecule has 0 saturated carbocycles. The number of fused-ring (bicyclic) bond motifs is 1. The zero-order chi connectivity index (χ0) is 22.7. The molecule has 0 fully saturated rings. The maximum absolute atomic E-state index is 12.8. The molecule has 32 heavy (non-hydrogen) atoms. The van der Waals surface area contributed by atoms with Gasteiger partial charge in [-0.15, -0.1) is 0 Å². The smallest absolute Gasteiger partial charge is 0.291 e. The number of hydrogen-bond donors (Lipinski definition) is 2. The summed E-state index contributed by atoms with van der Waals surface area (Å²) in [5.74, 6) is 0.939. The highest BCUT2D eigenvalue weighted by Crippen LogP contribution is 2.30. The van der Waals surface area contributed by atoms with Crippen LogP contribution in [0.1, 0.15) is 50.6 Å². The lowest BCUT2D eigenvalue weighted by molar-refractivity contribution is 0.0953. The Morgan fingerprint density at radius 1 is 1.09 bits per heavy atom. The number of nitrogens with one attached hydrogen (secondary N) is 2. The minimum Gasteiger partial charge on any atom is -0.497 e. The molecule has 0 aliphatic heterocycles. The molecule has 7 nitrogen and oxygen atoms in total. The Kier molecular flexibility index (Phi) is 6.28. The lowest BCUT2D eigenvalue weighted by Gasteiger charge is -2.13. The lowest BCUT2D eigenvalue weighted by atomic mass is 9.93. The van der Waals surface area contributed by atoms with E-state index in [0.29, 0.717) is 51.9 Å². The Hall–Kier alpha value is -3.58. The number of benzene rings is 2. The maximum Gasteiger partial charge on any atom is 0.291 e. The second kappa shape index (κ2) is 9.28. The minimum absolute atomic E-state index is 0.238. The van der Waals surface area contributed by atoms with Crippen LogP contribution in [0.15, 0.2) is 58.0 Å². The van der Waals surface area contributed by atoms with Gasteiger partial charge >= 0.3 is 0 Å². The molecular weight excluding hydrogens is 430 g/mol. The van der Waals surface area contributed by atoms with Crippen molar-refractivity contribution in [3.05, 3.63) is 81.8 Å². The fourth-order valence-electron chi connectivity index (χ4n) is 3.67. The molecule has 0 spiro atoms. The molecule has 1 heterocycles. The molecule has 1 aromatic heterocycles. The highest BCUT2D eigenvalue weighted by Gasteiger charge is 2.28. The van der Waals surface area contributed by atoms with Crippen molar-refractivity contribution >= 4 is 34.8 Å². The number of furan rings is 1. The predicted molar refractivity (Wildman–Crippen MR) is 123 cm³/mol. The first-order chi connectivity index (χ1) is 15.5. The Morgan fingerprint density at radius 2 is 1.88 bits per heavy atom. The van der Waals surface area contributed by atoms with Gasteiger partial charge in [0.25, 0.3) is 11.8 Å². The number of ether oxygens (including phenoxy) is 1. The largest absolute Gasteiger partial charge is 0.497 e. The number of aryl methyl sites for hydroxylation is 1. The van der Waals surface area contributed by atoms with Gasteiger partial charge in [-0.25, -0.2) is 5.43 Å². The normalized spacial score (nSPS) is 14.0. The van der Waals surface area contributed by atoms with Crippen LogP contribution in [-0.4, -0.2) is 24.6 Å². The minimum atomic E-state index is -0.356. The zero-order valence-corrected chi connectivity index (χ0v) is 18.5. The van der Waals surface area contributed by atoms with E-state index in [2.05, 4.69) is 15.8 Å². The summed E-state index contributed by atoms with van der Waals surface area (Å²) in [6, 6.07) is 13.7. The van der Waals surface area contributed by atoms with E-state index in [1.165, 1.54) is 0 Å². The second-order valence-electron chi connectivity index (χ2n) is 7.40. The van der Waals surface area contributed by atoms with E-state index in [4.69, 9.17) is 20.8 Å². The van der Waals surface area contributed by atoms with E-state index < -0.39 is 0 Å². The first-order valence-electron chi connectivity index (χ1n) is 10.2. The molecule has 0 saturated heterocycles. The summed E-state index contributed by atoms with van der Waals surface area (Å²) in [6.07, 6.45) is 2.18. The third-order valence-electron chi connectivity index (χ3n) is 5.26. The van der Waals surface area contributed by atoms with Crippen LogP contribution in [0.2, 0.25) is 5.02 Å². The molecule has 0 bridgehead atoms. The van der Waals surface area contributed by atoms with Crippen molar-refractivity contribution in [2.75, 3.05) is 12.4 Å². The quantitative estimate of drug-likeness (QED) is 0.535. The van der Waals surface area contributed by atoms with Crippen molar-refractivity contribution in [3.63, 3.8) is 0 Å². The number of carbonyl (C=O) groups is 2. The maximum atomic E-state index is 12.8. The fourth-order valence-corrected chi connectivity index (χ4v) is 3.86. The summed E-state index contributed by atoms with van der Waals surface area (Å²) in [6.45, 7) is 1.82. The van der Waals surface area contributed by atoms with Crippen LogP contribution >= 0.6 is 11.6 Å². The molecule has 2 aromatic carbocycles. The summed E-state index contributed by atoms with van der Waals surface area (Å²) in [4.78, 5) is 25.3. The number of hydrogen-bond acceptors (Lipinski definition) is 5. The summed E-state index contributed by atoms with van der Waals surface area (Å²) >= 11 is 5.96. The number of hydrazone groups is 1. The van der Waals surface area contributed by atoms with Crippen molar-refractivity contribution < 1.29 is 18.7 Å². The SMILES string of the molecule is COc1ccc(NC(=O)c2oc3c(c2C)/C(=N/NC(=O)c2cccc(Cl)c2)CCC3)cc1. The van der Waals surface area contributed by atoms with Crippen LogP contribution < -0.4 is 15.5 Å². The predicted octanol–water partition coefficient (Wildman–Crippen LogP) is 4.97. The van der Waals surface area contributed by atoms with Crippen LogP contribution in [0, 0.1) is 6.92 Å². The number of rotatable bonds is 5. The molecule has 0 atom stereocenters. The van der Waals surface area contributed by atoms with Crippen molar-refractivity contribution in [1.82, 2.24) is 5.43 Å². The molecule has 1 aliphatic carbocycles. The first kappa shape index (κ1) is 21.6. The van der Waals surface area contributed by atoms with Crippen LogP contribution in [0.4, 0.5) is 5.69 Å². The van der Waals surface area contributed by atoms with Crippen LogP contribution in [0.3, 0.4) is 0 Å². The lowest BCUT2D eigenvalue weighted by Crippen LogP contribution is -2.22. The van der Waals surface area contributed by atoms with Crippen molar-refractivity contribution in [1.29, 1.82) is 0 Å². The van der Waals surface area contributed by atoms with Crippen LogP contribution in [-0.2, 0) is 6.42 Å². The van der Waals surface area contributed by atoms with E-state index >= 15 is 0 Å². The molecule has 2 amide bonds. The number of methoxy groups -OCH3 is 1. The molecule has 3 aromatic rings. The van der Waals surface area contributed by atoms with Gasteiger partial charge in [-0.3, -0.25) is 9.59 Å². The molecule has 4 rings (SSSR count). The highest BCUT2D eigenvalue weighted by molar-refractivity contribution is 6.31. The number of amides is 2. The fraction of sp³-hybridized carbons (Fsp3) is 0.208. The van der Waals surface area contributed by atoms with E-state index in [-0.39, 0.29) is 17.6 Å². The van der Waals surface area contributed by atoms with Crippen molar-refractivity contribution in [3.8, 4) is 5.75 Å². The highest BCUT2D eigenvalue weighted by atomic mass is 35.5. The molecule has 164 valence electrons. The second-order valence-corrected chi connectivity index (χ2v) is 7.84. The van der Waals surface area contributed by atoms with Crippen molar-refractivity contribution in [2.24, 2.45) is 5.10 Å². The molecular formula is C24H22ClN3O4. The molecule has 8 heteroatoms. The van der Waals surface area contributed by atoms with Crippen LogP contribution in [0.25, 0.3) is 0 Å². The molecule has 0 radical (unpaired) electrons. The zero-order valence-electron chi connectivity index (χ0n) is 17.7. The average Bonchev–Trinajstić information content (AvgIpc) is 3.15. The monoisotopic (exact) mass is 451 g/mol. The van der Waals surface area contributed by atoms with Gasteiger partial charge in [0, 0.05) is 33.8 Å². The summed E-state index contributed by atoms with van der Waals surface area (Å²) in [5.41, 5.74) is 5.80. The topological polar surface area (TPSA) is 92.9 Å². The Labute approximate surface area is 190 Å². The number of halogens is 1. The average molecular weight is 452 g/mol. The van der Waals surface area contributed by atoms with E-state index in [9.17, 15) is 9.59 Å². The Morgan fingerprint density at radius 3 is 2.59 bits per heavy atom. The van der Waals surface area contributed by atoms with Gasteiger partial charge in [-0.1, -0.05) is 17.7 Å². The van der Waals surface area contributed by atoms with Gasteiger partial charge < -0.3 is 14.5 Å². The summed E-state index contributed by atoms with van der Waals surface area (Å²) in [5, 5.41) is 7.65. The van der Waals surface area contributed by atoms with E-state index in [0.717, 1.165) is 12.0 Å². The van der Waals surface area contributed by atoms with Gasteiger partial charge in [0.2, 0.25) is 0 Å². The summed E-state index contributed by atoms with van der Waals surface area (Å²) < 4.78 is 11.0. The number of carbonyl (C=O) groups excluding carboxylic acids is 2. The Balaban J connectivity index is 1.54. The Bertz CT molecular complexity index is 1200. The van der Waals surface area contributed by atoms with E-state index in [1.807, 2.05) is 6.92 Å². The van der Waals surface area contributed by atoms with E-state index in [1.54, 1.807) is 55.6 Å². The first-order valence-corrected chi connectivity index (χ1v) is 10.5. The standard InChI is InChI=1S/C24H22ClN3O4/c1-14-21-19(27-28-23(29)15-5-3-6-16(25)13-15)7-4-8-20(21)32-22(14)24(30)26-17-9-11-18(31-2)12-10-17/h3,5-6,9-13H,4,7-8H2,1-2H3,(H,26,30)(H,28,29)/b27-19+. The van der Waals surface area contributed by atoms with Crippen LogP contribution in [0.5, 0.6) is 5.75 Å². The van der Waals surface area contributed by atoms with Gasteiger partial charge in [-0.2, -0.15) is 5.10 Å².